The van der Waals surface area contributed by atoms with Crippen molar-refractivity contribution in [1.29, 1.82) is 0 Å². The Morgan fingerprint density at radius 2 is 1.87 bits per heavy atom. The number of nitrogens with one attached hydrogen (secondary N) is 1. The zero-order valence-electron chi connectivity index (χ0n) is 11.8. The lowest BCUT2D eigenvalue weighted by Gasteiger charge is -2.05. The molecule has 0 atom stereocenters. The standard InChI is InChI=1S/C15H11N3O5/c19-14(16-10-5-7-11(8-6-10)18(21)22)9-17-12-3-1-2-4-13(12)23-15(17)20/h1-8H,9H2,(H,16,19). The SMILES string of the molecule is O=C(Cn1c(=O)oc2ccccc21)Nc1ccc([N+](=O)[O-])cc1. The Bertz CT molecular complexity index is 940. The van der Waals surface area contributed by atoms with E-state index in [0.717, 1.165) is 0 Å². The van der Waals surface area contributed by atoms with Gasteiger partial charge in [-0.2, -0.15) is 0 Å². The second kappa shape index (κ2) is 5.76. The molecule has 3 rings (SSSR count). The van der Waals surface area contributed by atoms with Crippen molar-refractivity contribution in [2.24, 2.45) is 0 Å². The van der Waals surface area contributed by atoms with Crippen LogP contribution in [0, 0.1) is 10.1 Å². The molecule has 0 spiro atoms. The van der Waals surface area contributed by atoms with Crippen LogP contribution in [-0.4, -0.2) is 15.4 Å². The summed E-state index contributed by atoms with van der Waals surface area (Å²) < 4.78 is 6.26. The van der Waals surface area contributed by atoms with Gasteiger partial charge < -0.3 is 9.73 Å². The molecule has 0 saturated heterocycles. The fourth-order valence-corrected chi connectivity index (χ4v) is 2.17. The molecule has 0 aliphatic heterocycles. The molecule has 3 aromatic rings. The quantitative estimate of drug-likeness (QED) is 0.586. The average Bonchev–Trinajstić information content (AvgIpc) is 2.84. The van der Waals surface area contributed by atoms with Crippen LogP contribution in [0.4, 0.5) is 11.4 Å². The van der Waals surface area contributed by atoms with E-state index in [2.05, 4.69) is 5.32 Å². The van der Waals surface area contributed by atoms with Gasteiger partial charge in [-0.25, -0.2) is 4.79 Å². The van der Waals surface area contributed by atoms with E-state index in [1.165, 1.54) is 28.8 Å². The van der Waals surface area contributed by atoms with Crippen molar-refractivity contribution in [3.05, 3.63) is 69.2 Å². The fourth-order valence-electron chi connectivity index (χ4n) is 2.17. The number of aromatic nitrogens is 1. The molecule has 23 heavy (non-hydrogen) atoms. The minimum Gasteiger partial charge on any atom is -0.408 e. The third-order valence-corrected chi connectivity index (χ3v) is 3.24. The molecule has 0 bridgehead atoms. The Morgan fingerprint density at radius 1 is 1.17 bits per heavy atom. The molecular weight excluding hydrogens is 302 g/mol. The number of nitro groups is 1. The summed E-state index contributed by atoms with van der Waals surface area (Å²) in [4.78, 5) is 33.9. The van der Waals surface area contributed by atoms with Gasteiger partial charge in [0.2, 0.25) is 5.91 Å². The number of non-ortho nitro benzene ring substituents is 1. The maximum atomic E-state index is 12.0. The highest BCUT2D eigenvalue weighted by Crippen LogP contribution is 2.16. The lowest BCUT2D eigenvalue weighted by molar-refractivity contribution is -0.384. The molecule has 1 aromatic heterocycles. The summed E-state index contributed by atoms with van der Waals surface area (Å²) in [6.07, 6.45) is 0. The van der Waals surface area contributed by atoms with Crippen molar-refractivity contribution in [2.45, 2.75) is 6.54 Å². The first-order valence-electron chi connectivity index (χ1n) is 6.67. The molecule has 8 nitrogen and oxygen atoms in total. The molecule has 1 N–H and O–H groups in total. The predicted octanol–water partition coefficient (Wildman–Crippen LogP) is 2.14. The Kier molecular flexibility index (Phi) is 3.63. The Morgan fingerprint density at radius 3 is 2.57 bits per heavy atom. The first kappa shape index (κ1) is 14.5. The van der Waals surface area contributed by atoms with E-state index in [4.69, 9.17) is 4.42 Å². The third-order valence-electron chi connectivity index (χ3n) is 3.24. The zero-order chi connectivity index (χ0) is 16.4. The summed E-state index contributed by atoms with van der Waals surface area (Å²) in [6, 6.07) is 12.2. The van der Waals surface area contributed by atoms with E-state index in [9.17, 15) is 19.7 Å². The first-order chi connectivity index (χ1) is 11.0. The van der Waals surface area contributed by atoms with Crippen LogP contribution in [0.2, 0.25) is 0 Å². The minimum atomic E-state index is -0.620. The molecule has 1 heterocycles. The number of rotatable bonds is 4. The van der Waals surface area contributed by atoms with Crippen LogP contribution in [0.3, 0.4) is 0 Å². The number of benzene rings is 2. The molecule has 0 aliphatic carbocycles. The number of carbonyl (C=O) groups is 1. The van der Waals surface area contributed by atoms with E-state index in [-0.39, 0.29) is 12.2 Å². The highest BCUT2D eigenvalue weighted by atomic mass is 16.6. The summed E-state index contributed by atoms with van der Waals surface area (Å²) in [6.45, 7) is -0.215. The molecule has 0 fully saturated rings. The van der Waals surface area contributed by atoms with E-state index in [0.29, 0.717) is 16.8 Å². The Hall–Kier alpha value is -3.42. The second-order valence-corrected chi connectivity index (χ2v) is 4.77. The molecule has 0 radical (unpaired) electrons. The molecule has 2 aromatic carbocycles. The number of amides is 1. The number of oxazole rings is 1. The second-order valence-electron chi connectivity index (χ2n) is 4.77. The lowest BCUT2D eigenvalue weighted by Crippen LogP contribution is -2.24. The molecular formula is C15H11N3O5. The fraction of sp³-hybridized carbons (Fsp3) is 0.0667. The maximum Gasteiger partial charge on any atom is 0.420 e. The van der Waals surface area contributed by atoms with Crippen LogP contribution in [0.15, 0.2) is 57.7 Å². The molecule has 8 heteroatoms. The molecule has 0 aliphatic rings. The first-order valence-corrected chi connectivity index (χ1v) is 6.67. The van der Waals surface area contributed by atoms with Crippen molar-refractivity contribution < 1.29 is 14.1 Å². The summed E-state index contributed by atoms with van der Waals surface area (Å²) in [7, 11) is 0. The van der Waals surface area contributed by atoms with Crippen molar-refractivity contribution >= 4 is 28.4 Å². The Labute approximate surface area is 129 Å². The van der Waals surface area contributed by atoms with E-state index in [1.807, 2.05) is 0 Å². The van der Waals surface area contributed by atoms with E-state index in [1.54, 1.807) is 24.3 Å². The van der Waals surface area contributed by atoms with Crippen molar-refractivity contribution in [3.8, 4) is 0 Å². The van der Waals surface area contributed by atoms with Gasteiger partial charge >= 0.3 is 5.76 Å². The maximum absolute atomic E-state index is 12.0. The Balaban J connectivity index is 1.77. The number of fused-ring (bicyclic) bond motifs is 1. The number of nitro benzene ring substituents is 1. The van der Waals surface area contributed by atoms with Gasteiger partial charge in [-0.15, -0.1) is 0 Å². The van der Waals surface area contributed by atoms with E-state index < -0.39 is 16.6 Å². The molecule has 1 amide bonds. The van der Waals surface area contributed by atoms with Gasteiger partial charge in [0.1, 0.15) is 6.54 Å². The van der Waals surface area contributed by atoms with Gasteiger partial charge in [-0.05, 0) is 24.3 Å². The summed E-state index contributed by atoms with van der Waals surface area (Å²) in [5.74, 6) is -1.06. The van der Waals surface area contributed by atoms with Crippen LogP contribution in [0.5, 0.6) is 0 Å². The summed E-state index contributed by atoms with van der Waals surface area (Å²) >= 11 is 0. The summed E-state index contributed by atoms with van der Waals surface area (Å²) in [5.41, 5.74) is 1.26. The number of hydrogen-bond acceptors (Lipinski definition) is 5. The zero-order valence-corrected chi connectivity index (χ0v) is 11.8. The van der Waals surface area contributed by atoms with Crippen LogP contribution < -0.4 is 11.1 Å². The number of hydrogen-bond donors (Lipinski definition) is 1. The van der Waals surface area contributed by atoms with Gasteiger partial charge in [0.05, 0.1) is 10.4 Å². The van der Waals surface area contributed by atoms with Crippen LogP contribution >= 0.6 is 0 Å². The summed E-state index contributed by atoms with van der Waals surface area (Å²) in [5, 5.41) is 13.2. The minimum absolute atomic E-state index is 0.0694. The highest BCUT2D eigenvalue weighted by molar-refractivity contribution is 5.91. The van der Waals surface area contributed by atoms with Crippen LogP contribution in [-0.2, 0) is 11.3 Å². The molecule has 0 saturated carbocycles. The lowest BCUT2D eigenvalue weighted by atomic mass is 10.3. The van der Waals surface area contributed by atoms with Crippen molar-refractivity contribution in [2.75, 3.05) is 5.32 Å². The van der Waals surface area contributed by atoms with Gasteiger partial charge in [0.25, 0.3) is 5.69 Å². The largest absolute Gasteiger partial charge is 0.420 e. The number of anilines is 1. The monoisotopic (exact) mass is 313 g/mol. The predicted molar refractivity (Wildman–Crippen MR) is 82.2 cm³/mol. The number of nitrogens with zero attached hydrogens (tertiary/aromatic N) is 2. The number of carbonyl (C=O) groups excluding carboxylic acids is 1. The topological polar surface area (TPSA) is 107 Å². The molecule has 116 valence electrons. The van der Waals surface area contributed by atoms with Gasteiger partial charge in [-0.3, -0.25) is 19.5 Å². The van der Waals surface area contributed by atoms with Gasteiger partial charge in [-0.1, -0.05) is 12.1 Å². The third kappa shape index (κ3) is 2.95. The number of para-hydroxylation sites is 2. The highest BCUT2D eigenvalue weighted by Gasteiger charge is 2.13. The van der Waals surface area contributed by atoms with Crippen LogP contribution in [0.25, 0.3) is 11.1 Å². The average molecular weight is 313 g/mol. The van der Waals surface area contributed by atoms with Gasteiger partial charge in [0.15, 0.2) is 5.58 Å². The molecule has 0 unspecified atom stereocenters. The smallest absolute Gasteiger partial charge is 0.408 e. The van der Waals surface area contributed by atoms with Crippen LogP contribution in [0.1, 0.15) is 0 Å². The van der Waals surface area contributed by atoms with Crippen molar-refractivity contribution in [1.82, 2.24) is 4.57 Å². The van der Waals surface area contributed by atoms with Crippen molar-refractivity contribution in [3.63, 3.8) is 0 Å². The normalized spacial score (nSPS) is 10.6. The van der Waals surface area contributed by atoms with E-state index >= 15 is 0 Å². The van der Waals surface area contributed by atoms with Gasteiger partial charge in [0, 0.05) is 17.8 Å².